The molecule has 1 unspecified atom stereocenters. The molecule has 29 heavy (non-hydrogen) atoms. The highest BCUT2D eigenvalue weighted by Crippen LogP contribution is 2.21. The number of β-amino-alcohol motifs (C(OH)–C–C–N with tert-alkyl or cyclic N) is 1. The molecule has 2 aromatic rings. The molecule has 1 heterocycles. The number of aliphatic hydroxyl groups is 1. The van der Waals surface area contributed by atoms with Gasteiger partial charge in [-0.15, -0.1) is 0 Å². The maximum absolute atomic E-state index is 12.8. The van der Waals surface area contributed by atoms with Crippen molar-refractivity contribution in [2.45, 2.75) is 17.9 Å². The van der Waals surface area contributed by atoms with Crippen molar-refractivity contribution >= 4 is 10.0 Å². The quantitative estimate of drug-likeness (QED) is 0.701. The van der Waals surface area contributed by atoms with Gasteiger partial charge in [0.15, 0.2) is 0 Å². The first-order valence-electron chi connectivity index (χ1n) is 9.63. The van der Waals surface area contributed by atoms with Crippen LogP contribution in [0.1, 0.15) is 5.56 Å². The summed E-state index contributed by atoms with van der Waals surface area (Å²) in [5.41, 5.74) is 1.03. The molecule has 0 bridgehead atoms. The summed E-state index contributed by atoms with van der Waals surface area (Å²) in [6.07, 6.45) is -0.639. The Kier molecular flexibility index (Phi) is 7.13. The highest BCUT2D eigenvalue weighted by Gasteiger charge is 2.29. The predicted molar refractivity (Wildman–Crippen MR) is 111 cm³/mol. The molecule has 0 saturated carbocycles. The van der Waals surface area contributed by atoms with Crippen LogP contribution in [0.3, 0.4) is 0 Å². The molecule has 7 nitrogen and oxygen atoms in total. The number of methoxy groups -OCH3 is 1. The van der Waals surface area contributed by atoms with Crippen LogP contribution < -0.4 is 9.47 Å². The molecular formula is C21H28N2O5S. The Balaban J connectivity index is 1.48. The predicted octanol–water partition coefficient (Wildman–Crippen LogP) is 1.75. The van der Waals surface area contributed by atoms with E-state index in [4.69, 9.17) is 9.47 Å². The fraction of sp³-hybridized carbons (Fsp3) is 0.429. The number of ether oxygens (including phenoxy) is 2. The number of rotatable bonds is 8. The second kappa shape index (κ2) is 9.58. The van der Waals surface area contributed by atoms with Gasteiger partial charge in [-0.1, -0.05) is 18.2 Å². The largest absolute Gasteiger partial charge is 0.497 e. The lowest BCUT2D eigenvalue weighted by Crippen LogP contribution is -2.50. The summed E-state index contributed by atoms with van der Waals surface area (Å²) in [6.45, 7) is 4.52. The molecule has 1 N–H and O–H groups in total. The molecule has 1 saturated heterocycles. The van der Waals surface area contributed by atoms with E-state index in [0.717, 1.165) is 11.3 Å². The number of nitrogens with zero attached hydrogens (tertiary/aromatic N) is 2. The SMILES string of the molecule is COc1ccc(S(=O)(=O)N2CCN(CC(O)COc3ccccc3C)CC2)cc1. The van der Waals surface area contributed by atoms with Crippen molar-refractivity contribution in [2.75, 3.05) is 46.4 Å². The standard InChI is InChI=1S/C21H28N2O5S/c1-17-5-3-4-6-21(17)28-16-18(24)15-22-11-13-23(14-12-22)29(25,26)20-9-7-19(27-2)8-10-20/h3-10,18,24H,11-16H2,1-2H3. The van der Waals surface area contributed by atoms with E-state index in [1.807, 2.05) is 31.2 Å². The number of aryl methyl sites for hydroxylation is 1. The molecule has 1 atom stereocenters. The molecular weight excluding hydrogens is 392 g/mol. The lowest BCUT2D eigenvalue weighted by molar-refractivity contribution is 0.0567. The minimum atomic E-state index is -3.53. The van der Waals surface area contributed by atoms with Gasteiger partial charge in [0.1, 0.15) is 24.2 Å². The fourth-order valence-electron chi connectivity index (χ4n) is 3.30. The van der Waals surface area contributed by atoms with E-state index in [-0.39, 0.29) is 11.5 Å². The van der Waals surface area contributed by atoms with Crippen LogP contribution in [-0.2, 0) is 10.0 Å². The van der Waals surface area contributed by atoms with Crippen LogP contribution in [0.4, 0.5) is 0 Å². The Morgan fingerprint density at radius 2 is 1.69 bits per heavy atom. The molecule has 2 aromatic carbocycles. The van der Waals surface area contributed by atoms with Crippen LogP contribution in [0.2, 0.25) is 0 Å². The number of sulfonamides is 1. The maximum Gasteiger partial charge on any atom is 0.243 e. The summed E-state index contributed by atoms with van der Waals surface area (Å²) >= 11 is 0. The van der Waals surface area contributed by atoms with Gasteiger partial charge in [-0.25, -0.2) is 8.42 Å². The average Bonchev–Trinajstić information content (AvgIpc) is 2.73. The van der Waals surface area contributed by atoms with Crippen LogP contribution in [0.25, 0.3) is 0 Å². The summed E-state index contributed by atoms with van der Waals surface area (Å²) in [4.78, 5) is 2.32. The first-order valence-corrected chi connectivity index (χ1v) is 11.1. The normalized spacial score (nSPS) is 17.1. The van der Waals surface area contributed by atoms with Gasteiger partial charge in [-0.2, -0.15) is 4.31 Å². The third kappa shape index (κ3) is 5.48. The molecule has 8 heteroatoms. The van der Waals surface area contributed by atoms with Gasteiger partial charge in [0.2, 0.25) is 10.0 Å². The highest BCUT2D eigenvalue weighted by atomic mass is 32.2. The molecule has 0 aliphatic carbocycles. The second-order valence-corrected chi connectivity index (χ2v) is 9.05. The van der Waals surface area contributed by atoms with Gasteiger partial charge in [-0.3, -0.25) is 4.90 Å². The first-order chi connectivity index (χ1) is 13.9. The molecule has 3 rings (SSSR count). The minimum absolute atomic E-state index is 0.204. The van der Waals surface area contributed by atoms with Crippen LogP contribution in [0.15, 0.2) is 53.4 Å². The zero-order chi connectivity index (χ0) is 20.9. The number of piperazine rings is 1. The zero-order valence-electron chi connectivity index (χ0n) is 16.8. The third-order valence-corrected chi connectivity index (χ3v) is 6.94. The van der Waals surface area contributed by atoms with Gasteiger partial charge < -0.3 is 14.6 Å². The van der Waals surface area contributed by atoms with E-state index < -0.39 is 16.1 Å². The van der Waals surface area contributed by atoms with Crippen molar-refractivity contribution in [3.8, 4) is 11.5 Å². The monoisotopic (exact) mass is 420 g/mol. The van der Waals surface area contributed by atoms with E-state index in [1.165, 1.54) is 4.31 Å². The Hall–Kier alpha value is -2.13. The van der Waals surface area contributed by atoms with E-state index >= 15 is 0 Å². The summed E-state index contributed by atoms with van der Waals surface area (Å²) in [5, 5.41) is 10.3. The van der Waals surface area contributed by atoms with Crippen LogP contribution >= 0.6 is 0 Å². The molecule has 1 aliphatic rings. The van der Waals surface area contributed by atoms with Crippen molar-refractivity contribution in [3.05, 3.63) is 54.1 Å². The van der Waals surface area contributed by atoms with E-state index in [2.05, 4.69) is 4.90 Å². The molecule has 0 aromatic heterocycles. The maximum atomic E-state index is 12.8. The number of aliphatic hydroxyl groups excluding tert-OH is 1. The Morgan fingerprint density at radius 3 is 2.31 bits per heavy atom. The van der Waals surface area contributed by atoms with Crippen LogP contribution in [-0.4, -0.2) is 75.3 Å². The van der Waals surface area contributed by atoms with Gasteiger partial charge in [-0.05, 0) is 42.8 Å². The number of hydrogen-bond donors (Lipinski definition) is 1. The summed E-state index contributed by atoms with van der Waals surface area (Å²) in [5.74, 6) is 1.39. The number of benzene rings is 2. The van der Waals surface area contributed by atoms with Crippen LogP contribution in [0.5, 0.6) is 11.5 Å². The molecule has 0 radical (unpaired) electrons. The van der Waals surface area contributed by atoms with Crippen molar-refractivity contribution in [1.82, 2.24) is 9.21 Å². The third-order valence-electron chi connectivity index (χ3n) is 5.02. The fourth-order valence-corrected chi connectivity index (χ4v) is 4.73. The first kappa shape index (κ1) is 21.6. The van der Waals surface area contributed by atoms with Gasteiger partial charge in [0.05, 0.1) is 12.0 Å². The van der Waals surface area contributed by atoms with Crippen LogP contribution in [0, 0.1) is 6.92 Å². The summed E-state index contributed by atoms with van der Waals surface area (Å²) < 4.78 is 37.9. The van der Waals surface area contributed by atoms with Crippen molar-refractivity contribution < 1.29 is 23.0 Å². The van der Waals surface area contributed by atoms with Crippen molar-refractivity contribution in [3.63, 3.8) is 0 Å². The smallest absolute Gasteiger partial charge is 0.243 e. The Morgan fingerprint density at radius 1 is 1.03 bits per heavy atom. The molecule has 0 spiro atoms. The minimum Gasteiger partial charge on any atom is -0.497 e. The van der Waals surface area contributed by atoms with Gasteiger partial charge in [0, 0.05) is 32.7 Å². The lowest BCUT2D eigenvalue weighted by atomic mass is 10.2. The highest BCUT2D eigenvalue weighted by molar-refractivity contribution is 7.89. The van der Waals surface area contributed by atoms with E-state index in [9.17, 15) is 13.5 Å². The topological polar surface area (TPSA) is 79.3 Å². The zero-order valence-corrected chi connectivity index (χ0v) is 17.6. The number of hydrogen-bond acceptors (Lipinski definition) is 6. The van der Waals surface area contributed by atoms with Crippen molar-refractivity contribution in [1.29, 1.82) is 0 Å². The van der Waals surface area contributed by atoms with Gasteiger partial charge >= 0.3 is 0 Å². The van der Waals surface area contributed by atoms with Crippen molar-refractivity contribution in [2.24, 2.45) is 0 Å². The average molecular weight is 421 g/mol. The lowest BCUT2D eigenvalue weighted by Gasteiger charge is -2.34. The Bertz CT molecular complexity index is 894. The summed E-state index contributed by atoms with van der Waals surface area (Å²) in [6, 6.07) is 14.1. The van der Waals surface area contributed by atoms with E-state index in [1.54, 1.807) is 31.4 Å². The number of para-hydroxylation sites is 1. The summed E-state index contributed by atoms with van der Waals surface area (Å²) in [7, 11) is -1.98. The molecule has 0 amide bonds. The second-order valence-electron chi connectivity index (χ2n) is 7.11. The molecule has 158 valence electrons. The van der Waals surface area contributed by atoms with E-state index in [0.29, 0.717) is 38.5 Å². The molecule has 1 fully saturated rings. The Labute approximate surface area is 172 Å². The van der Waals surface area contributed by atoms with Gasteiger partial charge in [0.25, 0.3) is 0 Å². The molecule has 1 aliphatic heterocycles.